The molecule has 0 radical (unpaired) electrons. The fraction of sp³-hybridized carbons (Fsp3) is 0.0909. The molecule has 0 heterocycles. The number of hydrogen-bond acceptors (Lipinski definition) is 5. The van der Waals surface area contributed by atoms with E-state index in [2.05, 4.69) is 10.5 Å². The fourth-order valence-corrected chi connectivity index (χ4v) is 2.32. The predicted molar refractivity (Wildman–Crippen MR) is 107 cm³/mol. The number of rotatable bonds is 8. The number of amides is 1. The van der Waals surface area contributed by atoms with E-state index in [1.807, 2.05) is 30.3 Å². The average Bonchev–Trinajstić information content (AvgIpc) is 2.74. The van der Waals surface area contributed by atoms with Crippen molar-refractivity contribution in [2.75, 3.05) is 6.61 Å². The van der Waals surface area contributed by atoms with E-state index in [1.54, 1.807) is 48.5 Å². The number of phenolic OH excluding ortho intramolecular Hbond substituents is 1. The second kappa shape index (κ2) is 9.78. The molecule has 1 amide bonds. The third kappa shape index (κ3) is 5.88. The highest BCUT2D eigenvalue weighted by Gasteiger charge is 2.03. The molecule has 2 N–H and O–H groups in total. The fourth-order valence-electron chi connectivity index (χ4n) is 2.32. The lowest BCUT2D eigenvalue weighted by Crippen LogP contribution is -2.24. The second-order valence-electron chi connectivity index (χ2n) is 5.89. The van der Waals surface area contributed by atoms with Gasteiger partial charge in [0.1, 0.15) is 23.9 Å². The van der Waals surface area contributed by atoms with Gasteiger partial charge in [-0.05, 0) is 42.0 Å². The van der Waals surface area contributed by atoms with Crippen molar-refractivity contribution in [1.82, 2.24) is 5.43 Å². The quantitative estimate of drug-likeness (QED) is 0.466. The van der Waals surface area contributed by atoms with E-state index in [1.165, 1.54) is 6.21 Å². The monoisotopic (exact) mass is 376 g/mol. The largest absolute Gasteiger partial charge is 0.507 e. The van der Waals surface area contributed by atoms with Crippen LogP contribution in [0.3, 0.4) is 0 Å². The van der Waals surface area contributed by atoms with Gasteiger partial charge in [0, 0.05) is 5.56 Å². The first-order valence-electron chi connectivity index (χ1n) is 8.70. The van der Waals surface area contributed by atoms with Crippen LogP contribution in [0.15, 0.2) is 84.0 Å². The van der Waals surface area contributed by atoms with Gasteiger partial charge in [0.25, 0.3) is 5.91 Å². The van der Waals surface area contributed by atoms with Gasteiger partial charge >= 0.3 is 0 Å². The molecule has 3 aromatic carbocycles. The Balaban J connectivity index is 1.41. The van der Waals surface area contributed by atoms with Crippen LogP contribution in [0.25, 0.3) is 0 Å². The molecule has 0 aliphatic carbocycles. The van der Waals surface area contributed by atoms with Gasteiger partial charge in [0.2, 0.25) is 0 Å². The summed E-state index contributed by atoms with van der Waals surface area (Å²) in [5.74, 6) is 0.946. The van der Waals surface area contributed by atoms with Crippen molar-refractivity contribution in [3.63, 3.8) is 0 Å². The van der Waals surface area contributed by atoms with Crippen molar-refractivity contribution in [2.24, 2.45) is 5.10 Å². The van der Waals surface area contributed by atoms with Gasteiger partial charge in [0.15, 0.2) is 6.61 Å². The van der Waals surface area contributed by atoms with Crippen molar-refractivity contribution < 1.29 is 19.4 Å². The Bertz CT molecular complexity index is 925. The first kappa shape index (κ1) is 19.0. The van der Waals surface area contributed by atoms with Crippen molar-refractivity contribution in [1.29, 1.82) is 0 Å². The third-order valence-corrected chi connectivity index (χ3v) is 3.77. The lowest BCUT2D eigenvalue weighted by Gasteiger charge is -2.08. The van der Waals surface area contributed by atoms with Crippen LogP contribution in [-0.4, -0.2) is 23.8 Å². The van der Waals surface area contributed by atoms with Crippen LogP contribution in [0.1, 0.15) is 11.1 Å². The number of hydrogen-bond donors (Lipinski definition) is 2. The van der Waals surface area contributed by atoms with Gasteiger partial charge in [-0.2, -0.15) is 5.10 Å². The molecule has 0 saturated heterocycles. The average molecular weight is 376 g/mol. The summed E-state index contributed by atoms with van der Waals surface area (Å²) < 4.78 is 11.1. The van der Waals surface area contributed by atoms with Gasteiger partial charge in [-0.1, -0.05) is 42.5 Å². The SMILES string of the molecule is O=C(COc1ccc(OCc2ccccc2)cc1)NN=Cc1ccccc1O. The molecular formula is C22H20N2O4. The van der Waals surface area contributed by atoms with E-state index < -0.39 is 5.91 Å². The molecule has 0 spiro atoms. The molecule has 0 aromatic heterocycles. The Morgan fingerprint density at radius 2 is 1.54 bits per heavy atom. The molecule has 6 heteroatoms. The zero-order valence-corrected chi connectivity index (χ0v) is 15.1. The standard InChI is InChI=1S/C22H20N2O4/c25-21-9-5-4-8-18(21)14-23-24-22(26)16-28-20-12-10-19(11-13-20)27-15-17-6-2-1-3-7-17/h1-14,25H,15-16H2,(H,24,26). The van der Waals surface area contributed by atoms with Gasteiger partial charge in [-0.15, -0.1) is 0 Å². The molecule has 0 bridgehead atoms. The Morgan fingerprint density at radius 1 is 0.893 bits per heavy atom. The first-order chi connectivity index (χ1) is 13.7. The van der Waals surface area contributed by atoms with Crippen molar-refractivity contribution in [3.05, 3.63) is 90.0 Å². The third-order valence-electron chi connectivity index (χ3n) is 3.77. The summed E-state index contributed by atoms with van der Waals surface area (Å²) in [6.45, 7) is 0.306. The first-order valence-corrected chi connectivity index (χ1v) is 8.70. The van der Waals surface area contributed by atoms with E-state index in [0.717, 1.165) is 5.56 Å². The van der Waals surface area contributed by atoms with Crippen LogP contribution in [0.2, 0.25) is 0 Å². The molecule has 0 fully saturated rings. The molecule has 3 aromatic rings. The van der Waals surface area contributed by atoms with Crippen LogP contribution < -0.4 is 14.9 Å². The van der Waals surface area contributed by atoms with Crippen LogP contribution in [0.5, 0.6) is 17.2 Å². The molecule has 28 heavy (non-hydrogen) atoms. The number of nitrogens with one attached hydrogen (secondary N) is 1. The van der Waals surface area contributed by atoms with E-state index in [-0.39, 0.29) is 12.4 Å². The summed E-state index contributed by atoms with van der Waals surface area (Å²) in [5, 5.41) is 13.4. The summed E-state index contributed by atoms with van der Waals surface area (Å²) in [6, 6.07) is 23.6. The van der Waals surface area contributed by atoms with E-state index in [9.17, 15) is 9.90 Å². The van der Waals surface area contributed by atoms with Crippen LogP contribution >= 0.6 is 0 Å². The highest BCUT2D eigenvalue weighted by Crippen LogP contribution is 2.18. The molecule has 0 aliphatic heterocycles. The Labute approximate surface area is 163 Å². The number of aromatic hydroxyl groups is 1. The number of carbonyl (C=O) groups excluding carboxylic acids is 1. The summed E-state index contributed by atoms with van der Waals surface area (Å²) in [6.07, 6.45) is 1.37. The minimum absolute atomic E-state index is 0.0892. The van der Waals surface area contributed by atoms with E-state index >= 15 is 0 Å². The molecule has 0 atom stereocenters. The van der Waals surface area contributed by atoms with Crippen molar-refractivity contribution in [2.45, 2.75) is 6.61 Å². The molecular weight excluding hydrogens is 356 g/mol. The molecule has 0 saturated carbocycles. The van der Waals surface area contributed by atoms with Gasteiger partial charge < -0.3 is 14.6 Å². The second-order valence-corrected chi connectivity index (χ2v) is 5.89. The summed E-state index contributed by atoms with van der Waals surface area (Å²) in [7, 11) is 0. The molecule has 0 aliphatic rings. The molecule has 6 nitrogen and oxygen atoms in total. The van der Waals surface area contributed by atoms with Gasteiger partial charge in [0.05, 0.1) is 6.21 Å². The maximum atomic E-state index is 11.8. The minimum atomic E-state index is -0.406. The Hall–Kier alpha value is -3.80. The lowest BCUT2D eigenvalue weighted by molar-refractivity contribution is -0.123. The van der Waals surface area contributed by atoms with Gasteiger partial charge in [-0.25, -0.2) is 5.43 Å². The summed E-state index contributed by atoms with van der Waals surface area (Å²) >= 11 is 0. The maximum Gasteiger partial charge on any atom is 0.277 e. The van der Waals surface area contributed by atoms with E-state index in [0.29, 0.717) is 23.7 Å². The minimum Gasteiger partial charge on any atom is -0.507 e. The smallest absolute Gasteiger partial charge is 0.277 e. The number of phenols is 1. The number of ether oxygens (including phenoxy) is 2. The number of nitrogens with zero attached hydrogens (tertiary/aromatic N) is 1. The molecule has 0 unspecified atom stereocenters. The predicted octanol–water partition coefficient (Wildman–Crippen LogP) is 3.50. The van der Waals surface area contributed by atoms with Crippen LogP contribution in [-0.2, 0) is 11.4 Å². The van der Waals surface area contributed by atoms with Crippen LogP contribution in [0.4, 0.5) is 0 Å². The summed E-state index contributed by atoms with van der Waals surface area (Å²) in [4.78, 5) is 11.8. The van der Waals surface area contributed by atoms with Crippen molar-refractivity contribution >= 4 is 12.1 Å². The number of para-hydroxylation sites is 1. The normalized spacial score (nSPS) is 10.6. The zero-order chi connectivity index (χ0) is 19.6. The molecule has 3 rings (SSSR count). The Morgan fingerprint density at radius 3 is 2.25 bits per heavy atom. The van der Waals surface area contributed by atoms with Gasteiger partial charge in [-0.3, -0.25) is 4.79 Å². The zero-order valence-electron chi connectivity index (χ0n) is 15.1. The number of hydrazone groups is 1. The topological polar surface area (TPSA) is 80.2 Å². The number of carbonyl (C=O) groups is 1. The lowest BCUT2D eigenvalue weighted by atomic mass is 10.2. The number of benzene rings is 3. The molecule has 142 valence electrons. The summed E-state index contributed by atoms with van der Waals surface area (Å²) in [5.41, 5.74) is 3.94. The Kier molecular flexibility index (Phi) is 6.62. The van der Waals surface area contributed by atoms with Crippen molar-refractivity contribution in [3.8, 4) is 17.2 Å². The maximum absolute atomic E-state index is 11.8. The highest BCUT2D eigenvalue weighted by molar-refractivity contribution is 5.85. The van der Waals surface area contributed by atoms with E-state index in [4.69, 9.17) is 9.47 Å². The highest BCUT2D eigenvalue weighted by atomic mass is 16.5. The van der Waals surface area contributed by atoms with Crippen LogP contribution in [0, 0.1) is 0 Å².